The van der Waals surface area contributed by atoms with Crippen LogP contribution in [-0.4, -0.2) is 24.6 Å². The third kappa shape index (κ3) is 3.53. The highest BCUT2D eigenvalue weighted by atomic mass is 32.1. The van der Waals surface area contributed by atoms with Gasteiger partial charge in [0.25, 0.3) is 0 Å². The van der Waals surface area contributed by atoms with E-state index in [1.807, 2.05) is 18.4 Å². The van der Waals surface area contributed by atoms with Crippen molar-refractivity contribution in [2.24, 2.45) is 5.92 Å². The Bertz CT molecular complexity index is 421. The molecule has 0 bridgehead atoms. The summed E-state index contributed by atoms with van der Waals surface area (Å²) in [5, 5.41) is 4.57. The smallest absolute Gasteiger partial charge is 0.186 e. The number of thiazole rings is 1. The minimum absolute atomic E-state index is 0.394. The summed E-state index contributed by atoms with van der Waals surface area (Å²) >= 11 is 1.88. The number of hydrogen-bond acceptors (Lipinski definition) is 4. The van der Waals surface area contributed by atoms with Gasteiger partial charge in [0.1, 0.15) is 0 Å². The maximum Gasteiger partial charge on any atom is 0.186 e. The molecule has 3 nitrogen and oxygen atoms in total. The van der Waals surface area contributed by atoms with Gasteiger partial charge in [-0.25, -0.2) is 4.98 Å². The van der Waals surface area contributed by atoms with Crippen LogP contribution in [-0.2, 0) is 0 Å². The van der Waals surface area contributed by atoms with Crippen molar-refractivity contribution < 1.29 is 0 Å². The van der Waals surface area contributed by atoms with Crippen molar-refractivity contribution in [1.82, 2.24) is 10.3 Å². The van der Waals surface area contributed by atoms with Crippen LogP contribution >= 0.6 is 11.3 Å². The van der Waals surface area contributed by atoms with Crippen molar-refractivity contribution in [3.63, 3.8) is 0 Å². The molecular formula is C16H29N3S. The normalized spacial score (nSPS) is 17.9. The number of nitrogens with one attached hydrogen (secondary N) is 1. The average molecular weight is 295 g/mol. The molecule has 1 aromatic heterocycles. The Morgan fingerprint density at radius 3 is 2.50 bits per heavy atom. The number of nitrogens with zero attached hydrogens (tertiary/aromatic N) is 2. The third-order valence-electron chi connectivity index (χ3n) is 4.22. The van der Waals surface area contributed by atoms with Gasteiger partial charge in [-0.05, 0) is 39.7 Å². The fraction of sp³-hybridized carbons (Fsp3) is 0.812. The molecule has 2 rings (SSSR count). The van der Waals surface area contributed by atoms with Gasteiger partial charge >= 0.3 is 0 Å². The molecule has 1 unspecified atom stereocenters. The first-order chi connectivity index (χ1) is 9.52. The van der Waals surface area contributed by atoms with E-state index in [-0.39, 0.29) is 0 Å². The Hall–Kier alpha value is -0.610. The quantitative estimate of drug-likeness (QED) is 0.855. The maximum atomic E-state index is 4.88. The number of hydrogen-bond donors (Lipinski definition) is 1. The lowest BCUT2D eigenvalue weighted by molar-refractivity contribution is 0.534. The molecule has 1 aliphatic carbocycles. The van der Waals surface area contributed by atoms with E-state index in [9.17, 15) is 0 Å². The van der Waals surface area contributed by atoms with Crippen molar-refractivity contribution in [2.45, 2.75) is 65.5 Å². The fourth-order valence-electron chi connectivity index (χ4n) is 3.04. The van der Waals surface area contributed by atoms with E-state index in [1.54, 1.807) is 0 Å². The predicted octanol–water partition coefficient (Wildman–Crippen LogP) is 4.14. The van der Waals surface area contributed by atoms with Crippen molar-refractivity contribution in [3.05, 3.63) is 10.6 Å². The Morgan fingerprint density at radius 2 is 1.95 bits per heavy atom. The first-order valence-corrected chi connectivity index (χ1v) is 8.75. The van der Waals surface area contributed by atoms with Crippen LogP contribution in [0.5, 0.6) is 0 Å². The van der Waals surface area contributed by atoms with Crippen LogP contribution in [0.1, 0.15) is 63.1 Å². The van der Waals surface area contributed by atoms with E-state index in [4.69, 9.17) is 4.98 Å². The molecule has 1 heterocycles. The first kappa shape index (κ1) is 15.8. The molecule has 0 spiro atoms. The van der Waals surface area contributed by atoms with E-state index in [0.29, 0.717) is 18.0 Å². The molecule has 1 saturated carbocycles. The average Bonchev–Trinajstić information content (AvgIpc) is 3.04. The van der Waals surface area contributed by atoms with Gasteiger partial charge in [0, 0.05) is 23.5 Å². The van der Waals surface area contributed by atoms with Gasteiger partial charge < -0.3 is 10.2 Å². The van der Waals surface area contributed by atoms with Crippen LogP contribution in [0.2, 0.25) is 0 Å². The van der Waals surface area contributed by atoms with E-state index in [0.717, 1.165) is 6.54 Å². The van der Waals surface area contributed by atoms with Crippen LogP contribution < -0.4 is 10.2 Å². The summed E-state index contributed by atoms with van der Waals surface area (Å²) in [5.41, 5.74) is 1.19. The van der Waals surface area contributed by atoms with Crippen molar-refractivity contribution in [1.29, 1.82) is 0 Å². The summed E-state index contributed by atoms with van der Waals surface area (Å²) in [5.74, 6) is 0.685. The van der Waals surface area contributed by atoms with Gasteiger partial charge in [-0.15, -0.1) is 11.3 Å². The molecule has 4 heteroatoms. The lowest BCUT2D eigenvalue weighted by Gasteiger charge is -2.30. The highest BCUT2D eigenvalue weighted by Gasteiger charge is 2.26. The molecule has 0 saturated heterocycles. The Labute approximate surface area is 127 Å². The highest BCUT2D eigenvalue weighted by molar-refractivity contribution is 7.15. The Morgan fingerprint density at radius 1 is 1.30 bits per heavy atom. The predicted molar refractivity (Wildman–Crippen MR) is 88.8 cm³/mol. The number of aromatic nitrogens is 1. The van der Waals surface area contributed by atoms with Crippen LogP contribution in [0, 0.1) is 12.8 Å². The molecule has 0 radical (unpaired) electrons. The molecule has 114 valence electrons. The van der Waals surface area contributed by atoms with Crippen LogP contribution in [0.3, 0.4) is 0 Å². The summed E-state index contributed by atoms with van der Waals surface area (Å²) < 4.78 is 0. The zero-order chi connectivity index (χ0) is 14.7. The Balaban J connectivity index is 2.23. The van der Waals surface area contributed by atoms with E-state index in [2.05, 4.69) is 37.9 Å². The van der Waals surface area contributed by atoms with Crippen LogP contribution in [0.4, 0.5) is 5.13 Å². The van der Waals surface area contributed by atoms with Gasteiger partial charge in [-0.1, -0.05) is 26.7 Å². The summed E-state index contributed by atoms with van der Waals surface area (Å²) in [6, 6.07) is 1.10. The van der Waals surface area contributed by atoms with Crippen LogP contribution in [0.25, 0.3) is 0 Å². The van der Waals surface area contributed by atoms with E-state index < -0.39 is 0 Å². The summed E-state index contributed by atoms with van der Waals surface area (Å²) in [7, 11) is 2.02. The second-order valence-corrected chi connectivity index (χ2v) is 7.45. The van der Waals surface area contributed by atoms with Gasteiger partial charge in [-0.2, -0.15) is 0 Å². The maximum absolute atomic E-state index is 4.88. The zero-order valence-electron chi connectivity index (χ0n) is 13.6. The lowest BCUT2D eigenvalue weighted by Crippen LogP contribution is -2.36. The number of anilines is 1. The first-order valence-electron chi connectivity index (χ1n) is 7.94. The second-order valence-electron chi connectivity index (χ2n) is 6.44. The Kier molecular flexibility index (Phi) is 5.44. The zero-order valence-corrected chi connectivity index (χ0v) is 14.4. The third-order valence-corrected chi connectivity index (χ3v) is 5.60. The van der Waals surface area contributed by atoms with Gasteiger partial charge in [0.05, 0.1) is 5.69 Å². The molecule has 1 N–H and O–H groups in total. The molecular weight excluding hydrogens is 266 g/mol. The van der Waals surface area contributed by atoms with E-state index in [1.165, 1.54) is 41.4 Å². The van der Waals surface area contributed by atoms with Crippen molar-refractivity contribution >= 4 is 16.5 Å². The van der Waals surface area contributed by atoms with Gasteiger partial charge in [-0.3, -0.25) is 0 Å². The summed E-state index contributed by atoms with van der Waals surface area (Å²) in [6.45, 7) is 10.1. The number of aryl methyl sites for hydroxylation is 1. The molecule has 0 aromatic carbocycles. The highest BCUT2D eigenvalue weighted by Crippen LogP contribution is 2.35. The summed E-state index contributed by atoms with van der Waals surface area (Å²) in [4.78, 5) is 8.85. The largest absolute Gasteiger partial charge is 0.345 e. The SMILES string of the molecule is CNC(C)c1sc(N(CC(C)C)C2CCCC2)nc1C. The monoisotopic (exact) mass is 295 g/mol. The molecule has 1 aliphatic rings. The lowest BCUT2D eigenvalue weighted by atomic mass is 10.1. The topological polar surface area (TPSA) is 28.2 Å². The fourth-order valence-corrected chi connectivity index (χ4v) is 4.25. The van der Waals surface area contributed by atoms with Gasteiger partial charge in [0.2, 0.25) is 0 Å². The van der Waals surface area contributed by atoms with Crippen molar-refractivity contribution in [3.8, 4) is 0 Å². The standard InChI is InChI=1S/C16H29N3S/c1-11(2)10-19(14-8-6-7-9-14)16-18-13(4)15(20-16)12(3)17-5/h11-12,14,17H,6-10H2,1-5H3. The molecule has 1 aromatic rings. The summed E-state index contributed by atoms with van der Waals surface area (Å²) in [6.07, 6.45) is 5.43. The molecule has 1 atom stereocenters. The van der Waals surface area contributed by atoms with Gasteiger partial charge in [0.15, 0.2) is 5.13 Å². The minimum atomic E-state index is 0.394. The second kappa shape index (κ2) is 6.90. The van der Waals surface area contributed by atoms with Crippen LogP contribution in [0.15, 0.2) is 0 Å². The molecule has 1 fully saturated rings. The van der Waals surface area contributed by atoms with Crippen molar-refractivity contribution in [2.75, 3.05) is 18.5 Å². The van der Waals surface area contributed by atoms with E-state index >= 15 is 0 Å². The molecule has 20 heavy (non-hydrogen) atoms. The molecule has 0 aliphatic heterocycles. The number of rotatable bonds is 6. The minimum Gasteiger partial charge on any atom is -0.345 e. The molecule has 0 amide bonds.